The Bertz CT molecular complexity index is 1760. The van der Waals surface area contributed by atoms with Gasteiger partial charge in [-0.1, -0.05) is 24.2 Å². The number of likely N-dealkylation sites (N-methyl/N-ethyl adjacent to an activating group) is 1. The maximum Gasteiger partial charge on any atom is 0.245 e. The van der Waals surface area contributed by atoms with E-state index in [0.29, 0.717) is 4.90 Å². The van der Waals surface area contributed by atoms with Gasteiger partial charge in [-0.15, -0.1) is 0 Å². The molecule has 2 amide bonds. The molecular weight excluding hydrogens is 370 g/mol. The first kappa shape index (κ1) is 8.49. The van der Waals surface area contributed by atoms with E-state index in [1.807, 2.05) is 0 Å². The van der Waals surface area contributed by atoms with Crippen LogP contribution in [0.15, 0.2) is 42.3 Å². The Hall–Kier alpha value is -3.48. The molecule has 1 fully saturated rings. The van der Waals surface area contributed by atoms with Crippen molar-refractivity contribution < 1.29 is 35.5 Å². The van der Waals surface area contributed by atoms with Crippen molar-refractivity contribution in [3.05, 3.63) is 59.1 Å². The summed E-state index contributed by atoms with van der Waals surface area (Å²) in [5, 5.41) is -0.387. The van der Waals surface area contributed by atoms with Gasteiger partial charge in [0, 0.05) is 32.8 Å². The highest BCUT2D eigenvalue weighted by molar-refractivity contribution is 5.97. The van der Waals surface area contributed by atoms with E-state index in [0.717, 1.165) is 4.90 Å². The van der Waals surface area contributed by atoms with E-state index >= 15 is 0 Å². The maximum atomic E-state index is 13.6. The molecule has 0 radical (unpaired) electrons. The number of H-pyrrole nitrogens is 1. The largest absolute Gasteiger partial charge is 0.454 e. The smallest absolute Gasteiger partial charge is 0.245 e. The minimum Gasteiger partial charge on any atom is -0.454 e. The summed E-state index contributed by atoms with van der Waals surface area (Å²) < 4.78 is 113. The molecular formula is C22H19N3O4. The summed E-state index contributed by atoms with van der Waals surface area (Å²) in [5.74, 6) is -3.17. The Morgan fingerprint density at radius 1 is 1.21 bits per heavy atom. The molecule has 0 aliphatic carbocycles. The van der Waals surface area contributed by atoms with Gasteiger partial charge in [-0.2, -0.15) is 0 Å². The SMILES string of the molecule is [2H]c1c([2H])c([C@]2([2H])c3[nH]c4c([2H])c([2H])c([2H])c([2H])c4c3C([2H])([2H])[C@@H]3C(=O)N(C)CC(=O)N32)c([2H])c2c1OC([2H])([2H])O2. The van der Waals surface area contributed by atoms with Crippen LogP contribution in [-0.2, 0) is 16.0 Å². The summed E-state index contributed by atoms with van der Waals surface area (Å²) in [6.45, 7) is -3.44. The third-order valence-corrected chi connectivity index (χ3v) is 4.98. The van der Waals surface area contributed by atoms with Gasteiger partial charge in [0.1, 0.15) is 8.78 Å². The van der Waals surface area contributed by atoms with E-state index in [1.54, 1.807) is 0 Å². The normalized spacial score (nSPS) is 34.7. The Balaban J connectivity index is 1.82. The number of aromatic amines is 1. The van der Waals surface area contributed by atoms with Gasteiger partial charge >= 0.3 is 0 Å². The highest BCUT2D eigenvalue weighted by Crippen LogP contribution is 2.44. The molecule has 146 valence electrons. The number of amides is 2. The molecule has 3 aliphatic heterocycles. The third-order valence-electron chi connectivity index (χ3n) is 4.98. The lowest BCUT2D eigenvalue weighted by atomic mass is 9.86. The number of piperazine rings is 1. The van der Waals surface area contributed by atoms with E-state index < -0.39 is 114 Å². The van der Waals surface area contributed by atoms with Crippen molar-refractivity contribution in [1.29, 1.82) is 0 Å². The average Bonchev–Trinajstić information content (AvgIpc) is 3.45. The lowest BCUT2D eigenvalue weighted by Crippen LogP contribution is -2.62. The number of aromatic nitrogens is 1. The van der Waals surface area contributed by atoms with Gasteiger partial charge in [-0.05, 0) is 29.3 Å². The molecule has 3 aliphatic rings. The summed E-state index contributed by atoms with van der Waals surface area (Å²) in [4.78, 5) is 31.2. The Morgan fingerprint density at radius 2 is 2.03 bits per heavy atom. The quantitative estimate of drug-likeness (QED) is 0.678. The molecule has 29 heavy (non-hydrogen) atoms. The van der Waals surface area contributed by atoms with Gasteiger partial charge in [0.25, 0.3) is 0 Å². The fourth-order valence-electron chi connectivity index (χ4n) is 3.67. The van der Waals surface area contributed by atoms with Crippen LogP contribution >= 0.6 is 0 Å². The predicted molar refractivity (Wildman–Crippen MR) is 105 cm³/mol. The molecule has 0 spiro atoms. The van der Waals surface area contributed by atoms with Crippen molar-refractivity contribution in [2.75, 3.05) is 20.3 Å². The summed E-state index contributed by atoms with van der Waals surface area (Å²) >= 11 is 0. The van der Waals surface area contributed by atoms with Gasteiger partial charge in [0.2, 0.25) is 18.6 Å². The van der Waals surface area contributed by atoms with Crippen LogP contribution in [0.3, 0.4) is 0 Å². The van der Waals surface area contributed by atoms with E-state index in [9.17, 15) is 11.0 Å². The molecule has 2 aromatic carbocycles. The zero-order valence-electron chi connectivity index (χ0n) is 26.8. The van der Waals surface area contributed by atoms with E-state index in [2.05, 4.69) is 4.98 Å². The molecule has 1 aromatic heterocycles. The number of carbonyl (C=O) groups excluding carboxylic acids is 2. The molecule has 3 aromatic rings. The van der Waals surface area contributed by atoms with Crippen molar-refractivity contribution in [3.63, 3.8) is 0 Å². The first-order valence-electron chi connectivity index (χ1n) is 14.6. The van der Waals surface area contributed by atoms with Gasteiger partial charge in [0.05, 0.1) is 23.5 Å². The second-order valence-corrected chi connectivity index (χ2v) is 6.67. The number of fused-ring (bicyclic) bond motifs is 5. The lowest BCUT2D eigenvalue weighted by molar-refractivity contribution is -0.157. The molecule has 7 heteroatoms. The standard InChI is InChI=1S/C22H19N3O4/c1-24-10-19(26)25-16(22(24)27)9-14-13-4-2-3-5-15(13)23-20(14)21(25)12-6-7-17-18(8-12)29-11-28-17/h2-8,16,21,23H,9-11H2,1H3/t16-,21-/m1/s1/i2D,3D,4D,5D,6D,7D,8D,9D2,11D2,21D. The van der Waals surface area contributed by atoms with Gasteiger partial charge in [-0.3, -0.25) is 9.59 Å². The van der Waals surface area contributed by atoms with Gasteiger partial charge < -0.3 is 24.3 Å². The number of hydrogen-bond acceptors (Lipinski definition) is 4. The van der Waals surface area contributed by atoms with Crippen LogP contribution < -0.4 is 9.47 Å². The maximum absolute atomic E-state index is 13.6. The fraction of sp³-hybridized carbons (Fsp3) is 0.273. The molecule has 0 bridgehead atoms. The Kier molecular flexibility index (Phi) is 1.69. The Labute approximate surface area is 183 Å². The van der Waals surface area contributed by atoms with Crippen LogP contribution in [0.1, 0.15) is 39.3 Å². The topological polar surface area (TPSA) is 74.9 Å². The molecule has 7 nitrogen and oxygen atoms in total. The van der Waals surface area contributed by atoms with Crippen LogP contribution in [0, 0.1) is 0 Å². The number of carbonyl (C=O) groups is 2. The summed E-state index contributed by atoms with van der Waals surface area (Å²) in [6, 6.07) is -10.2. The van der Waals surface area contributed by atoms with Crippen LogP contribution in [0.5, 0.6) is 11.5 Å². The molecule has 4 heterocycles. The van der Waals surface area contributed by atoms with E-state index in [4.69, 9.17) is 24.6 Å². The molecule has 0 unspecified atom stereocenters. The molecule has 6 rings (SSSR count). The monoisotopic (exact) mass is 401 g/mol. The van der Waals surface area contributed by atoms with Crippen molar-refractivity contribution in [3.8, 4) is 11.5 Å². The number of benzene rings is 2. The first-order valence-corrected chi connectivity index (χ1v) is 8.60. The number of rotatable bonds is 1. The first-order chi connectivity index (χ1) is 18.9. The zero-order valence-corrected chi connectivity index (χ0v) is 14.8. The van der Waals surface area contributed by atoms with Crippen molar-refractivity contribution >= 4 is 22.7 Å². The van der Waals surface area contributed by atoms with Gasteiger partial charge in [-0.25, -0.2) is 0 Å². The summed E-state index contributed by atoms with van der Waals surface area (Å²) in [7, 11) is 1.24. The second kappa shape index (κ2) is 5.76. The van der Waals surface area contributed by atoms with Crippen LogP contribution in [0.25, 0.3) is 10.9 Å². The molecule has 1 saturated heterocycles. The molecule has 1 N–H and O–H groups in total. The van der Waals surface area contributed by atoms with E-state index in [-0.39, 0.29) is 10.9 Å². The van der Waals surface area contributed by atoms with E-state index in [1.165, 1.54) is 7.05 Å². The number of para-hydroxylation sites is 1. The van der Waals surface area contributed by atoms with Crippen molar-refractivity contribution in [2.24, 2.45) is 0 Å². The van der Waals surface area contributed by atoms with Gasteiger partial charge in [0.15, 0.2) is 11.5 Å². The summed E-state index contributed by atoms with van der Waals surface area (Å²) in [5.41, 5.74) is -2.20. The van der Waals surface area contributed by atoms with Crippen LogP contribution in [-0.4, -0.2) is 53.0 Å². The summed E-state index contributed by atoms with van der Waals surface area (Å²) in [6.07, 6.45) is -2.85. The lowest BCUT2D eigenvalue weighted by Gasteiger charge is -2.46. The zero-order chi connectivity index (χ0) is 30.3. The number of nitrogens with one attached hydrogen (secondary N) is 1. The molecule has 0 saturated carbocycles. The minimum atomic E-state index is -2.86. The fourth-order valence-corrected chi connectivity index (χ4v) is 3.67. The molecule has 2 atom stereocenters. The van der Waals surface area contributed by atoms with Crippen LogP contribution in [0.4, 0.5) is 0 Å². The Morgan fingerprint density at radius 3 is 2.93 bits per heavy atom. The number of hydrogen-bond donors (Lipinski definition) is 1. The predicted octanol–water partition coefficient (Wildman–Crippen LogP) is 2.21. The number of ether oxygens (including phenoxy) is 2. The highest BCUT2D eigenvalue weighted by atomic mass is 16.7. The third kappa shape index (κ3) is 2.24. The second-order valence-electron chi connectivity index (χ2n) is 6.67. The van der Waals surface area contributed by atoms with Crippen molar-refractivity contribution in [2.45, 2.75) is 18.4 Å². The highest BCUT2D eigenvalue weighted by Gasteiger charge is 2.47. The van der Waals surface area contributed by atoms with Crippen molar-refractivity contribution in [1.82, 2.24) is 14.8 Å². The minimum absolute atomic E-state index is 0.337. The number of nitrogens with zero attached hydrogens (tertiary/aromatic N) is 2. The van der Waals surface area contributed by atoms with Crippen LogP contribution in [0.2, 0.25) is 0 Å². The average molecular weight is 401 g/mol.